The minimum absolute atomic E-state index is 0. The Morgan fingerprint density at radius 2 is 1.51 bits per heavy atom. The predicted molar refractivity (Wildman–Crippen MR) is 182 cm³/mol. The molecule has 8 aromatic rings. The Balaban J connectivity index is 0.00000300. The van der Waals surface area contributed by atoms with Gasteiger partial charge in [-0.05, 0) is 57.3 Å². The molecule has 0 N–H and O–H groups in total. The maximum Gasteiger partial charge on any atom is 2.00 e. The summed E-state index contributed by atoms with van der Waals surface area (Å²) < 4.78 is 1.14. The van der Waals surface area contributed by atoms with Crippen LogP contribution in [0.5, 0.6) is 0 Å². The van der Waals surface area contributed by atoms with Crippen LogP contribution in [0.1, 0.15) is 25.0 Å². The van der Waals surface area contributed by atoms with Crippen molar-refractivity contribution in [2.75, 3.05) is 4.90 Å². The minimum atomic E-state index is -0.194. The average Bonchev–Trinajstić information content (AvgIpc) is 3.67. The number of para-hydroxylation sites is 4. The Hall–Kier alpha value is -4.57. The molecule has 1 aliphatic heterocycles. The molecular weight excluding hydrogens is 752 g/mol. The Bertz CT molecular complexity index is 2390. The van der Waals surface area contributed by atoms with Gasteiger partial charge in [-0.2, -0.15) is 0 Å². The Morgan fingerprint density at radius 1 is 0.733 bits per heavy atom. The van der Waals surface area contributed by atoms with E-state index in [1.54, 1.807) is 11.3 Å². The van der Waals surface area contributed by atoms with Gasteiger partial charge in [0.25, 0.3) is 0 Å². The molecule has 0 amide bonds. The average molecular weight is 778 g/mol. The van der Waals surface area contributed by atoms with Crippen LogP contribution in [0.15, 0.2) is 121 Å². The molecule has 0 fully saturated rings. The van der Waals surface area contributed by atoms with Gasteiger partial charge in [0.2, 0.25) is 0 Å². The molecule has 6 heteroatoms. The van der Waals surface area contributed by atoms with Crippen LogP contribution in [0.3, 0.4) is 0 Å². The molecule has 0 aliphatic carbocycles. The third kappa shape index (κ3) is 4.22. The van der Waals surface area contributed by atoms with E-state index in [4.69, 9.17) is 15.0 Å². The van der Waals surface area contributed by atoms with Crippen LogP contribution >= 0.6 is 11.3 Å². The Labute approximate surface area is 279 Å². The zero-order valence-electron chi connectivity index (χ0n) is 24.6. The van der Waals surface area contributed by atoms with Crippen LogP contribution in [0, 0.1) is 6.07 Å². The second kappa shape index (κ2) is 10.5. The zero-order valence-corrected chi connectivity index (χ0v) is 27.6. The van der Waals surface area contributed by atoms with Crippen molar-refractivity contribution in [3.63, 3.8) is 0 Å². The number of fused-ring (bicyclic) bond motifs is 6. The second-order valence-corrected chi connectivity index (χ2v) is 12.8. The van der Waals surface area contributed by atoms with E-state index in [9.17, 15) is 0 Å². The third-order valence-electron chi connectivity index (χ3n) is 8.92. The molecule has 0 saturated heterocycles. The van der Waals surface area contributed by atoms with Crippen LogP contribution in [0.2, 0.25) is 0 Å². The first kappa shape index (κ1) is 27.9. The fraction of sp³-hybridized carbons (Fsp3) is 0.0769. The topological polar surface area (TPSA) is 43.1 Å². The van der Waals surface area contributed by atoms with Crippen molar-refractivity contribution >= 4 is 60.6 Å². The van der Waals surface area contributed by atoms with Crippen LogP contribution in [-0.4, -0.2) is 9.97 Å². The fourth-order valence-corrected chi connectivity index (χ4v) is 7.78. The van der Waals surface area contributed by atoms with Crippen molar-refractivity contribution in [3.05, 3.63) is 139 Å². The van der Waals surface area contributed by atoms with Gasteiger partial charge in [-0.1, -0.05) is 104 Å². The molecule has 0 atom stereocenters. The van der Waals surface area contributed by atoms with Gasteiger partial charge < -0.3 is 9.88 Å². The van der Waals surface area contributed by atoms with Gasteiger partial charge in [-0.25, -0.2) is 9.97 Å². The maximum atomic E-state index is 5.27. The maximum absolute atomic E-state index is 5.27. The predicted octanol–water partition coefficient (Wildman–Crippen LogP) is 10.2. The molecule has 4 heterocycles. The number of thiazole rings is 1. The molecular formula is C39H26N4PtS. The van der Waals surface area contributed by atoms with E-state index in [1.807, 2.05) is 24.4 Å². The molecule has 0 saturated carbocycles. The van der Waals surface area contributed by atoms with Crippen molar-refractivity contribution < 1.29 is 21.1 Å². The van der Waals surface area contributed by atoms with E-state index in [0.717, 1.165) is 65.5 Å². The number of rotatable bonds is 3. The van der Waals surface area contributed by atoms with Crippen molar-refractivity contribution in [2.24, 2.45) is 0 Å². The molecule has 0 bridgehead atoms. The smallest absolute Gasteiger partial charge is 0.656 e. The van der Waals surface area contributed by atoms with Gasteiger partial charge in [0.05, 0.1) is 0 Å². The van der Waals surface area contributed by atoms with E-state index in [0.29, 0.717) is 0 Å². The quantitative estimate of drug-likeness (QED) is 0.168. The van der Waals surface area contributed by atoms with Gasteiger partial charge in [0, 0.05) is 22.1 Å². The normalized spacial score (nSPS) is 13.5. The molecule has 1 aliphatic rings. The summed E-state index contributed by atoms with van der Waals surface area (Å²) >= 11 is 1.72. The monoisotopic (exact) mass is 777 g/mol. The van der Waals surface area contributed by atoms with Gasteiger partial charge in [0.1, 0.15) is 10.8 Å². The summed E-state index contributed by atoms with van der Waals surface area (Å²) in [6.45, 7) is 4.59. The standard InChI is InChI=1S/C39H26N4S.Pt/c1-39(2)29-15-4-6-17-32(29)43(35-19-7-8-22-40-35)33-23-24(20-21-30(33)39)25-12-10-18-34-37(25)42-38(44-34)28-14-9-13-27-26-11-3-5-16-31(26)41-36(27)28;/h3-22H,1-2H3;/q-2;+2. The van der Waals surface area contributed by atoms with Gasteiger partial charge >= 0.3 is 21.1 Å². The van der Waals surface area contributed by atoms with Crippen molar-refractivity contribution in [1.82, 2.24) is 15.0 Å². The summed E-state index contributed by atoms with van der Waals surface area (Å²) in [6.07, 6.45) is 1.85. The summed E-state index contributed by atoms with van der Waals surface area (Å²) in [5, 5.41) is 3.32. The van der Waals surface area contributed by atoms with E-state index in [2.05, 4.69) is 122 Å². The Kier molecular flexibility index (Phi) is 6.53. The SMILES string of the molecule is CC1(C)c2ccc(-c3cccc4sc(-c5cccc6c5[n-]c5ccccc56)nc34)[c-]c2N(c2ccccn2)c2ccccc21.[Pt+2]. The van der Waals surface area contributed by atoms with Gasteiger partial charge in [-0.15, -0.1) is 46.1 Å². The van der Waals surface area contributed by atoms with Crippen LogP contribution in [-0.2, 0) is 26.5 Å². The zero-order chi connectivity index (χ0) is 29.4. The number of aromatic nitrogens is 3. The number of nitrogens with zero attached hydrogens (tertiary/aromatic N) is 4. The third-order valence-corrected chi connectivity index (χ3v) is 9.97. The minimum Gasteiger partial charge on any atom is -0.656 e. The molecule has 0 radical (unpaired) electrons. The van der Waals surface area contributed by atoms with Crippen LogP contribution < -0.4 is 9.88 Å². The first-order valence-corrected chi connectivity index (χ1v) is 15.6. The van der Waals surface area contributed by atoms with Gasteiger partial charge in [-0.3, -0.25) is 0 Å². The van der Waals surface area contributed by atoms with E-state index >= 15 is 0 Å². The van der Waals surface area contributed by atoms with Crippen molar-refractivity contribution in [3.8, 4) is 21.7 Å². The summed E-state index contributed by atoms with van der Waals surface area (Å²) in [5.41, 5.74) is 10.6. The summed E-state index contributed by atoms with van der Waals surface area (Å²) in [5.74, 6) is 0.877. The molecule has 0 unspecified atom stereocenters. The summed E-state index contributed by atoms with van der Waals surface area (Å²) in [7, 11) is 0. The number of hydrogen-bond donors (Lipinski definition) is 0. The van der Waals surface area contributed by atoms with Gasteiger partial charge in [0.15, 0.2) is 0 Å². The number of benzene rings is 5. The molecule has 4 nitrogen and oxygen atoms in total. The number of pyridine rings is 1. The molecule has 3 aromatic heterocycles. The van der Waals surface area contributed by atoms with Crippen molar-refractivity contribution in [2.45, 2.75) is 19.3 Å². The van der Waals surface area contributed by atoms with Crippen LogP contribution in [0.4, 0.5) is 17.2 Å². The van der Waals surface area contributed by atoms with E-state index in [-0.39, 0.29) is 26.5 Å². The van der Waals surface area contributed by atoms with Crippen LogP contribution in [0.25, 0.3) is 53.7 Å². The van der Waals surface area contributed by atoms with E-state index < -0.39 is 0 Å². The molecule has 45 heavy (non-hydrogen) atoms. The molecule has 5 aromatic carbocycles. The number of hydrogen-bond acceptors (Lipinski definition) is 4. The molecule has 218 valence electrons. The summed E-state index contributed by atoms with van der Waals surface area (Å²) in [6, 6.07) is 44.2. The van der Waals surface area contributed by atoms with E-state index in [1.165, 1.54) is 16.5 Å². The fourth-order valence-electron chi connectivity index (χ4n) is 6.76. The first-order valence-electron chi connectivity index (χ1n) is 14.8. The molecule has 0 spiro atoms. The summed E-state index contributed by atoms with van der Waals surface area (Å²) in [4.78, 5) is 17.3. The Morgan fingerprint density at radius 3 is 2.40 bits per heavy atom. The number of anilines is 3. The second-order valence-electron chi connectivity index (χ2n) is 11.8. The van der Waals surface area contributed by atoms with Crippen molar-refractivity contribution in [1.29, 1.82) is 0 Å². The largest absolute Gasteiger partial charge is 2.00 e. The molecule has 9 rings (SSSR count). The first-order chi connectivity index (χ1) is 21.6.